The van der Waals surface area contributed by atoms with E-state index in [4.69, 9.17) is 5.41 Å². The summed E-state index contributed by atoms with van der Waals surface area (Å²) in [5, 5.41) is 20.9. The first-order valence-electron chi connectivity index (χ1n) is 7.76. The monoisotopic (exact) mass is 309 g/mol. The topological polar surface area (TPSA) is 97.5 Å². The van der Waals surface area contributed by atoms with Crippen LogP contribution in [0.2, 0.25) is 0 Å². The van der Waals surface area contributed by atoms with Gasteiger partial charge in [-0.05, 0) is 25.1 Å². The first-order valence-corrected chi connectivity index (χ1v) is 7.76. The van der Waals surface area contributed by atoms with E-state index in [-0.39, 0.29) is 11.3 Å². The zero-order valence-electron chi connectivity index (χ0n) is 13.0. The van der Waals surface area contributed by atoms with E-state index in [0.717, 1.165) is 25.7 Å². The molecule has 1 aliphatic rings. The molecule has 2 aromatic heterocycles. The normalized spacial score (nSPS) is 15.3. The minimum Gasteiger partial charge on any atom is -0.394 e. The Kier molecular flexibility index (Phi) is 4.02. The van der Waals surface area contributed by atoms with Crippen LogP contribution in [0.3, 0.4) is 0 Å². The minimum absolute atomic E-state index is 0.252. The molecule has 6 nitrogen and oxygen atoms in total. The molecule has 0 aliphatic heterocycles. The Balaban J connectivity index is 2.29. The Morgan fingerprint density at radius 1 is 1.52 bits per heavy atom. The number of hydrogen-bond acceptors (Lipinski definition) is 4. The molecule has 23 heavy (non-hydrogen) atoms. The molecule has 0 amide bonds. The molecule has 2 aromatic rings. The molecule has 1 aliphatic carbocycles. The highest BCUT2D eigenvalue weighted by atomic mass is 16.1. The van der Waals surface area contributed by atoms with Crippen molar-refractivity contribution in [2.45, 2.75) is 31.7 Å². The van der Waals surface area contributed by atoms with Crippen LogP contribution in [0.5, 0.6) is 0 Å². The smallest absolute Gasteiger partial charge is 0.258 e. The van der Waals surface area contributed by atoms with Crippen LogP contribution in [0.1, 0.15) is 42.9 Å². The van der Waals surface area contributed by atoms with Crippen LogP contribution in [-0.4, -0.2) is 22.3 Å². The number of pyridine rings is 1. The number of hydrogen-bond donors (Lipinski definition) is 3. The molecule has 0 atom stereocenters. The van der Waals surface area contributed by atoms with E-state index in [2.05, 4.69) is 16.4 Å². The lowest BCUT2D eigenvalue weighted by molar-refractivity contribution is 0.535. The molecule has 3 N–H and O–H groups in total. The van der Waals surface area contributed by atoms with E-state index in [0.29, 0.717) is 28.1 Å². The summed E-state index contributed by atoms with van der Waals surface area (Å²) in [6.07, 6.45) is 11.0. The zero-order valence-corrected chi connectivity index (χ0v) is 13.0. The van der Waals surface area contributed by atoms with Crippen molar-refractivity contribution in [1.82, 2.24) is 14.9 Å². The van der Waals surface area contributed by atoms with Crippen LogP contribution < -0.4 is 10.9 Å². The molecule has 2 heterocycles. The largest absolute Gasteiger partial charge is 0.394 e. The van der Waals surface area contributed by atoms with Crippen LogP contribution in [0.4, 0.5) is 0 Å². The van der Waals surface area contributed by atoms with Gasteiger partial charge in [0, 0.05) is 31.0 Å². The summed E-state index contributed by atoms with van der Waals surface area (Å²) in [6.45, 7) is 0. The number of nitriles is 1. The standard InChI is InChI=1S/C17H19N5O/c1-20-7-6-14(19)13-10-22(12-4-2-3-5-12)16-11(8-18)9-21-17(23)15(13)16/h6-7,9-10,12,19-20H,2-5H2,1H3,(H,21,23)/b7-6-,19-14?. The van der Waals surface area contributed by atoms with Crippen molar-refractivity contribution in [3.8, 4) is 6.07 Å². The second kappa shape index (κ2) is 6.13. The highest BCUT2D eigenvalue weighted by molar-refractivity contribution is 6.15. The van der Waals surface area contributed by atoms with E-state index in [1.54, 1.807) is 19.3 Å². The van der Waals surface area contributed by atoms with Gasteiger partial charge in [-0.1, -0.05) is 12.8 Å². The summed E-state index contributed by atoms with van der Waals surface area (Å²) in [7, 11) is 1.76. The fourth-order valence-electron chi connectivity index (χ4n) is 3.32. The van der Waals surface area contributed by atoms with Crippen molar-refractivity contribution in [3.05, 3.63) is 46.2 Å². The third kappa shape index (κ3) is 2.55. The fourth-order valence-corrected chi connectivity index (χ4v) is 3.32. The van der Waals surface area contributed by atoms with Gasteiger partial charge in [-0.3, -0.25) is 4.79 Å². The van der Waals surface area contributed by atoms with Gasteiger partial charge >= 0.3 is 0 Å². The lowest BCUT2D eigenvalue weighted by Crippen LogP contribution is -2.10. The SMILES string of the molecule is CN/C=C\C(=N)c1cn(C2CCCC2)c2c(C#N)c[nH]c(=O)c12. The van der Waals surface area contributed by atoms with Gasteiger partial charge in [0.05, 0.1) is 22.2 Å². The highest BCUT2D eigenvalue weighted by Gasteiger charge is 2.24. The van der Waals surface area contributed by atoms with Crippen molar-refractivity contribution in [1.29, 1.82) is 10.7 Å². The average Bonchev–Trinajstić information content (AvgIpc) is 3.20. The van der Waals surface area contributed by atoms with E-state index >= 15 is 0 Å². The Bertz CT molecular complexity index is 875. The Morgan fingerprint density at radius 3 is 2.91 bits per heavy atom. The van der Waals surface area contributed by atoms with Crippen LogP contribution in [0, 0.1) is 16.7 Å². The fraction of sp³-hybridized carbons (Fsp3) is 0.353. The summed E-state index contributed by atoms with van der Waals surface area (Å²) in [4.78, 5) is 15.0. The van der Waals surface area contributed by atoms with Crippen molar-refractivity contribution in [3.63, 3.8) is 0 Å². The lowest BCUT2D eigenvalue weighted by atomic mass is 10.1. The molecule has 0 spiro atoms. The third-order valence-electron chi connectivity index (χ3n) is 4.41. The van der Waals surface area contributed by atoms with Crippen LogP contribution >= 0.6 is 0 Å². The zero-order chi connectivity index (χ0) is 16.4. The maximum absolute atomic E-state index is 12.4. The predicted molar refractivity (Wildman–Crippen MR) is 89.8 cm³/mol. The third-order valence-corrected chi connectivity index (χ3v) is 4.41. The van der Waals surface area contributed by atoms with Gasteiger partial charge in [-0.2, -0.15) is 5.26 Å². The molecule has 0 radical (unpaired) electrons. The van der Waals surface area contributed by atoms with Gasteiger partial charge < -0.3 is 20.3 Å². The van der Waals surface area contributed by atoms with Crippen molar-refractivity contribution < 1.29 is 0 Å². The van der Waals surface area contributed by atoms with E-state index in [9.17, 15) is 10.1 Å². The number of allylic oxidation sites excluding steroid dienone is 1. The summed E-state index contributed by atoms with van der Waals surface area (Å²) in [5.74, 6) is 0. The van der Waals surface area contributed by atoms with Gasteiger partial charge in [-0.25, -0.2) is 0 Å². The predicted octanol–water partition coefficient (Wildman–Crippen LogP) is 2.42. The molecule has 118 valence electrons. The lowest BCUT2D eigenvalue weighted by Gasteiger charge is -2.13. The molecule has 0 aromatic carbocycles. The number of aromatic amines is 1. The van der Waals surface area contributed by atoms with E-state index in [1.807, 2.05) is 10.8 Å². The molecule has 3 rings (SSSR count). The first-order chi connectivity index (χ1) is 11.2. The molecule has 1 fully saturated rings. The first kappa shape index (κ1) is 15.1. The maximum atomic E-state index is 12.4. The van der Waals surface area contributed by atoms with E-state index in [1.165, 1.54) is 6.20 Å². The quantitative estimate of drug-likeness (QED) is 0.756. The Morgan fingerprint density at radius 2 is 2.26 bits per heavy atom. The number of nitrogens with one attached hydrogen (secondary N) is 3. The number of nitrogens with zero attached hydrogens (tertiary/aromatic N) is 2. The van der Waals surface area contributed by atoms with Crippen molar-refractivity contribution >= 4 is 16.6 Å². The summed E-state index contributed by atoms with van der Waals surface area (Å²) in [6, 6.07) is 2.46. The summed E-state index contributed by atoms with van der Waals surface area (Å²) < 4.78 is 2.03. The number of aromatic nitrogens is 2. The highest BCUT2D eigenvalue weighted by Crippen LogP contribution is 2.34. The minimum atomic E-state index is -0.256. The van der Waals surface area contributed by atoms with Gasteiger partial charge in [0.2, 0.25) is 0 Å². The molecule has 1 saturated carbocycles. The maximum Gasteiger partial charge on any atom is 0.258 e. The summed E-state index contributed by atoms with van der Waals surface area (Å²) >= 11 is 0. The number of H-pyrrole nitrogens is 1. The number of fused-ring (bicyclic) bond motifs is 1. The second-order valence-corrected chi connectivity index (χ2v) is 5.79. The average molecular weight is 309 g/mol. The molecule has 0 saturated heterocycles. The van der Waals surface area contributed by atoms with E-state index < -0.39 is 0 Å². The summed E-state index contributed by atoms with van der Waals surface area (Å²) in [5.41, 5.74) is 1.66. The molecule has 0 unspecified atom stereocenters. The van der Waals surface area contributed by atoms with Crippen LogP contribution in [0.15, 0.2) is 29.5 Å². The van der Waals surface area contributed by atoms with Crippen LogP contribution in [-0.2, 0) is 0 Å². The van der Waals surface area contributed by atoms with Gasteiger partial charge in [0.1, 0.15) is 6.07 Å². The van der Waals surface area contributed by atoms with Gasteiger partial charge in [0.15, 0.2) is 0 Å². The Labute approximate surface area is 133 Å². The van der Waals surface area contributed by atoms with Crippen LogP contribution in [0.25, 0.3) is 10.9 Å². The molecular weight excluding hydrogens is 290 g/mol. The van der Waals surface area contributed by atoms with Gasteiger partial charge in [0.25, 0.3) is 5.56 Å². The molecule has 0 bridgehead atoms. The molecular formula is C17H19N5O. The van der Waals surface area contributed by atoms with Crippen molar-refractivity contribution in [2.24, 2.45) is 0 Å². The second-order valence-electron chi connectivity index (χ2n) is 5.79. The molecule has 6 heteroatoms. The Hall–Kier alpha value is -2.81. The van der Waals surface area contributed by atoms with Gasteiger partial charge in [-0.15, -0.1) is 0 Å². The number of rotatable bonds is 4. The van der Waals surface area contributed by atoms with Crippen molar-refractivity contribution in [2.75, 3.05) is 7.05 Å².